The van der Waals surface area contributed by atoms with Gasteiger partial charge in [-0.1, -0.05) is 24.3 Å². The second-order valence-electron chi connectivity index (χ2n) is 8.86. The summed E-state index contributed by atoms with van der Waals surface area (Å²) in [6.45, 7) is 3.97. The van der Waals surface area contributed by atoms with E-state index in [0.29, 0.717) is 38.5 Å². The number of fused-ring (bicyclic) bond motifs is 1. The van der Waals surface area contributed by atoms with Gasteiger partial charge in [0.1, 0.15) is 12.3 Å². The van der Waals surface area contributed by atoms with Gasteiger partial charge in [0.25, 0.3) is 0 Å². The van der Waals surface area contributed by atoms with Gasteiger partial charge < -0.3 is 9.64 Å². The molecule has 2 saturated heterocycles. The number of rotatable bonds is 7. The number of allylic oxidation sites excluding steroid dienone is 2. The maximum atomic E-state index is 12.8. The van der Waals surface area contributed by atoms with Crippen molar-refractivity contribution in [1.82, 2.24) is 9.80 Å². The minimum atomic E-state index is -0.265. The fourth-order valence-corrected chi connectivity index (χ4v) is 5.02. The van der Waals surface area contributed by atoms with Gasteiger partial charge in [-0.15, -0.1) is 0 Å². The van der Waals surface area contributed by atoms with Gasteiger partial charge in [-0.2, -0.15) is 0 Å². The van der Waals surface area contributed by atoms with Crippen molar-refractivity contribution in [3.8, 4) is 5.75 Å². The molecular formula is C25H32N2O4. The van der Waals surface area contributed by atoms with Crippen LogP contribution >= 0.6 is 0 Å². The van der Waals surface area contributed by atoms with Crippen LogP contribution in [0.15, 0.2) is 36.4 Å². The normalized spacial score (nSPS) is 23.9. The van der Waals surface area contributed by atoms with Crippen LogP contribution in [0, 0.1) is 17.8 Å². The molecule has 0 N–H and O–H groups in total. The Hall–Kier alpha value is -2.63. The first-order valence-electron chi connectivity index (χ1n) is 11.6. The van der Waals surface area contributed by atoms with E-state index in [9.17, 15) is 14.4 Å². The molecule has 31 heavy (non-hydrogen) atoms. The molecule has 1 aliphatic carbocycles. The Balaban J connectivity index is 1.22. The average molecular weight is 425 g/mol. The first kappa shape index (κ1) is 21.6. The van der Waals surface area contributed by atoms with E-state index in [1.165, 1.54) is 10.5 Å². The highest BCUT2D eigenvalue weighted by atomic mass is 16.5. The predicted molar refractivity (Wildman–Crippen MR) is 117 cm³/mol. The van der Waals surface area contributed by atoms with E-state index in [1.54, 1.807) is 0 Å². The molecule has 0 unspecified atom stereocenters. The summed E-state index contributed by atoms with van der Waals surface area (Å²) in [5, 5.41) is 0. The van der Waals surface area contributed by atoms with Crippen LogP contribution in [0.3, 0.4) is 0 Å². The third-order valence-electron chi connectivity index (χ3n) is 6.94. The molecule has 0 saturated carbocycles. The number of hydrogen-bond acceptors (Lipinski definition) is 4. The Kier molecular flexibility index (Phi) is 6.73. The molecule has 0 bridgehead atoms. The van der Waals surface area contributed by atoms with E-state index < -0.39 is 0 Å². The number of hydrogen-bond donors (Lipinski definition) is 0. The van der Waals surface area contributed by atoms with Crippen LogP contribution in [0.5, 0.6) is 5.75 Å². The Bertz CT molecular complexity index is 814. The van der Waals surface area contributed by atoms with E-state index in [2.05, 4.69) is 12.1 Å². The zero-order valence-corrected chi connectivity index (χ0v) is 18.3. The average Bonchev–Trinajstić information content (AvgIpc) is 3.04. The fraction of sp³-hybridized carbons (Fsp3) is 0.560. The van der Waals surface area contributed by atoms with E-state index in [1.807, 2.05) is 36.1 Å². The van der Waals surface area contributed by atoms with Crippen molar-refractivity contribution in [2.45, 2.75) is 45.4 Å². The minimum absolute atomic E-state index is 0.0957. The predicted octanol–water partition coefficient (Wildman–Crippen LogP) is 3.21. The van der Waals surface area contributed by atoms with Crippen LogP contribution in [-0.2, 0) is 20.8 Å². The van der Waals surface area contributed by atoms with Gasteiger partial charge in [0.15, 0.2) is 0 Å². The van der Waals surface area contributed by atoms with Gasteiger partial charge in [-0.05, 0) is 69.1 Å². The van der Waals surface area contributed by atoms with Gasteiger partial charge in [-0.25, -0.2) is 0 Å². The lowest BCUT2D eigenvalue weighted by atomic mass is 9.85. The number of aryl methyl sites for hydroxylation is 1. The minimum Gasteiger partial charge on any atom is -0.494 e. The van der Waals surface area contributed by atoms with Crippen LogP contribution in [0.25, 0.3) is 0 Å². The molecule has 2 atom stereocenters. The van der Waals surface area contributed by atoms with Crippen LogP contribution in [0.4, 0.5) is 0 Å². The summed E-state index contributed by atoms with van der Waals surface area (Å²) in [5.41, 5.74) is 1.31. The number of imide groups is 1. The van der Waals surface area contributed by atoms with Crippen molar-refractivity contribution in [2.75, 3.05) is 26.2 Å². The summed E-state index contributed by atoms with van der Waals surface area (Å²) in [6.07, 6.45) is 9.23. The maximum Gasteiger partial charge on any atom is 0.242 e. The lowest BCUT2D eigenvalue weighted by Gasteiger charge is -2.33. The summed E-state index contributed by atoms with van der Waals surface area (Å²) in [5.74, 6) is 0.537. The SMILES string of the molecule is CCOc1ccc(CCC2CCN(C(=O)CN3C(=O)[C@@H]4CC=CC[C@H]4C3=O)CC2)cc1. The molecule has 4 rings (SSSR count). The van der Waals surface area contributed by atoms with Gasteiger partial charge in [0, 0.05) is 13.1 Å². The van der Waals surface area contributed by atoms with Crippen molar-refractivity contribution >= 4 is 17.7 Å². The molecule has 2 aliphatic heterocycles. The largest absolute Gasteiger partial charge is 0.494 e. The summed E-state index contributed by atoms with van der Waals surface area (Å²) >= 11 is 0. The van der Waals surface area contributed by atoms with Crippen LogP contribution < -0.4 is 4.74 Å². The fourth-order valence-electron chi connectivity index (χ4n) is 5.02. The second-order valence-corrected chi connectivity index (χ2v) is 8.86. The Morgan fingerprint density at radius 3 is 2.19 bits per heavy atom. The van der Waals surface area contributed by atoms with Crippen molar-refractivity contribution < 1.29 is 19.1 Å². The van der Waals surface area contributed by atoms with E-state index >= 15 is 0 Å². The molecule has 3 aliphatic rings. The number of carbonyl (C=O) groups excluding carboxylic acids is 3. The third kappa shape index (κ3) is 4.83. The lowest BCUT2D eigenvalue weighted by molar-refractivity contribution is -0.147. The third-order valence-corrected chi connectivity index (χ3v) is 6.94. The van der Waals surface area contributed by atoms with Crippen molar-refractivity contribution in [1.29, 1.82) is 0 Å². The molecule has 0 radical (unpaired) electrons. The van der Waals surface area contributed by atoms with Crippen LogP contribution in [0.1, 0.15) is 44.6 Å². The molecule has 2 fully saturated rings. The maximum absolute atomic E-state index is 12.8. The van der Waals surface area contributed by atoms with E-state index in [-0.39, 0.29) is 36.1 Å². The number of carbonyl (C=O) groups is 3. The smallest absolute Gasteiger partial charge is 0.242 e. The Morgan fingerprint density at radius 2 is 1.61 bits per heavy atom. The van der Waals surface area contributed by atoms with E-state index in [0.717, 1.165) is 31.4 Å². The highest BCUT2D eigenvalue weighted by molar-refractivity contribution is 6.07. The number of nitrogens with zero attached hydrogens (tertiary/aromatic N) is 2. The number of amides is 3. The lowest BCUT2D eigenvalue weighted by Crippen LogP contribution is -2.46. The standard InChI is InChI=1S/C25H32N2O4/c1-2-31-20-11-9-18(10-12-20)7-8-19-13-15-26(16-14-19)23(28)17-27-24(29)21-5-3-4-6-22(21)25(27)30/h3-4,9-12,19,21-22H,2,5-8,13-17H2,1H3/t21-,22-/m1/s1. The monoisotopic (exact) mass is 424 g/mol. The molecule has 6 heteroatoms. The molecule has 0 spiro atoms. The zero-order valence-electron chi connectivity index (χ0n) is 18.3. The number of likely N-dealkylation sites (tertiary alicyclic amines) is 2. The van der Waals surface area contributed by atoms with Crippen LogP contribution in [-0.4, -0.2) is 53.8 Å². The Labute approximate surface area is 184 Å². The van der Waals surface area contributed by atoms with Crippen molar-refractivity contribution in [2.24, 2.45) is 17.8 Å². The summed E-state index contributed by atoms with van der Waals surface area (Å²) in [7, 11) is 0. The molecular weight excluding hydrogens is 392 g/mol. The first-order chi connectivity index (χ1) is 15.1. The number of piperidine rings is 1. The first-order valence-corrected chi connectivity index (χ1v) is 11.6. The van der Waals surface area contributed by atoms with Crippen LogP contribution in [0.2, 0.25) is 0 Å². The molecule has 6 nitrogen and oxygen atoms in total. The summed E-state index contributed by atoms with van der Waals surface area (Å²) in [4.78, 5) is 41.0. The highest BCUT2D eigenvalue weighted by Crippen LogP contribution is 2.35. The molecule has 1 aromatic rings. The van der Waals surface area contributed by atoms with E-state index in [4.69, 9.17) is 4.74 Å². The van der Waals surface area contributed by atoms with Gasteiger partial charge in [0.2, 0.25) is 17.7 Å². The molecule has 3 amide bonds. The Morgan fingerprint density at radius 1 is 1.00 bits per heavy atom. The summed E-state index contributed by atoms with van der Waals surface area (Å²) < 4.78 is 5.49. The number of ether oxygens (including phenoxy) is 1. The van der Waals surface area contributed by atoms with Crippen molar-refractivity contribution in [3.05, 3.63) is 42.0 Å². The topological polar surface area (TPSA) is 66.9 Å². The molecule has 166 valence electrons. The second kappa shape index (κ2) is 9.67. The molecule has 1 aromatic carbocycles. The molecule has 0 aromatic heterocycles. The number of benzene rings is 1. The van der Waals surface area contributed by atoms with Gasteiger partial charge in [-0.3, -0.25) is 19.3 Å². The highest BCUT2D eigenvalue weighted by Gasteiger charge is 2.48. The zero-order chi connectivity index (χ0) is 21.8. The van der Waals surface area contributed by atoms with Crippen molar-refractivity contribution in [3.63, 3.8) is 0 Å². The van der Waals surface area contributed by atoms with Gasteiger partial charge >= 0.3 is 0 Å². The van der Waals surface area contributed by atoms with Gasteiger partial charge in [0.05, 0.1) is 18.4 Å². The summed E-state index contributed by atoms with van der Waals surface area (Å²) in [6, 6.07) is 8.29. The molecule has 2 heterocycles. The quantitative estimate of drug-likeness (QED) is 0.498.